The van der Waals surface area contributed by atoms with Crippen molar-refractivity contribution in [3.05, 3.63) is 0 Å². The molecule has 0 aromatic rings. The number of alkyl carbamates (subject to hydrolysis) is 2. The standard InChI is InChI=1S/C11H22N2O4/c1-5-16-10(14)12-8(3)7-9(4)13-11(15)17-6-2/h8-9H,5-7H2,1-4H3,(H,12,14)(H,13,15)/t8-,9-/m0/s1. The zero-order chi connectivity index (χ0) is 13.3. The van der Waals surface area contributed by atoms with E-state index in [0.717, 1.165) is 0 Å². The molecule has 0 saturated carbocycles. The van der Waals surface area contributed by atoms with Crippen LogP contribution in [0.2, 0.25) is 0 Å². The van der Waals surface area contributed by atoms with Crippen LogP contribution in [0.1, 0.15) is 34.1 Å². The smallest absolute Gasteiger partial charge is 0.407 e. The fourth-order valence-electron chi connectivity index (χ4n) is 1.40. The molecule has 2 N–H and O–H groups in total. The van der Waals surface area contributed by atoms with Crippen molar-refractivity contribution in [3.8, 4) is 0 Å². The maximum Gasteiger partial charge on any atom is 0.407 e. The highest BCUT2D eigenvalue weighted by Gasteiger charge is 2.13. The van der Waals surface area contributed by atoms with Crippen LogP contribution in [0.3, 0.4) is 0 Å². The third-order valence-corrected chi connectivity index (χ3v) is 1.99. The van der Waals surface area contributed by atoms with Crippen molar-refractivity contribution in [2.45, 2.75) is 46.2 Å². The Kier molecular flexibility index (Phi) is 7.92. The molecule has 6 heteroatoms. The molecule has 0 saturated heterocycles. The lowest BCUT2D eigenvalue weighted by atomic mass is 10.1. The van der Waals surface area contributed by atoms with Gasteiger partial charge in [-0.2, -0.15) is 0 Å². The highest BCUT2D eigenvalue weighted by molar-refractivity contribution is 5.68. The van der Waals surface area contributed by atoms with E-state index in [-0.39, 0.29) is 12.1 Å². The Bertz CT molecular complexity index is 222. The summed E-state index contributed by atoms with van der Waals surface area (Å²) in [5.74, 6) is 0. The lowest BCUT2D eigenvalue weighted by Crippen LogP contribution is -2.40. The minimum absolute atomic E-state index is 0.0778. The summed E-state index contributed by atoms with van der Waals surface area (Å²) in [6.45, 7) is 7.87. The van der Waals surface area contributed by atoms with Gasteiger partial charge in [0.25, 0.3) is 0 Å². The topological polar surface area (TPSA) is 76.7 Å². The summed E-state index contributed by atoms with van der Waals surface area (Å²) in [6, 6.07) is -0.156. The number of rotatable bonds is 6. The number of carbonyl (C=O) groups is 2. The van der Waals surface area contributed by atoms with Gasteiger partial charge in [-0.3, -0.25) is 0 Å². The van der Waals surface area contributed by atoms with E-state index in [2.05, 4.69) is 10.6 Å². The van der Waals surface area contributed by atoms with Crippen LogP contribution in [0.15, 0.2) is 0 Å². The maximum atomic E-state index is 11.1. The summed E-state index contributed by atoms with van der Waals surface area (Å²) in [7, 11) is 0. The second-order valence-corrected chi connectivity index (χ2v) is 3.77. The quantitative estimate of drug-likeness (QED) is 0.747. The van der Waals surface area contributed by atoms with E-state index in [1.165, 1.54) is 0 Å². The average molecular weight is 246 g/mol. The largest absolute Gasteiger partial charge is 0.450 e. The van der Waals surface area contributed by atoms with E-state index in [0.29, 0.717) is 19.6 Å². The van der Waals surface area contributed by atoms with Crippen molar-refractivity contribution in [2.75, 3.05) is 13.2 Å². The third kappa shape index (κ3) is 8.36. The molecule has 0 bridgehead atoms. The summed E-state index contributed by atoms with van der Waals surface area (Å²) in [6.07, 6.45) is -0.274. The maximum absolute atomic E-state index is 11.1. The molecule has 0 spiro atoms. The van der Waals surface area contributed by atoms with E-state index < -0.39 is 12.2 Å². The molecule has 0 aromatic heterocycles. The number of hydrogen-bond acceptors (Lipinski definition) is 4. The van der Waals surface area contributed by atoms with E-state index in [1.807, 2.05) is 13.8 Å². The van der Waals surface area contributed by atoms with Crippen molar-refractivity contribution in [2.24, 2.45) is 0 Å². The molecule has 0 rings (SSSR count). The van der Waals surface area contributed by atoms with Gasteiger partial charge in [0, 0.05) is 12.1 Å². The minimum Gasteiger partial charge on any atom is -0.450 e. The van der Waals surface area contributed by atoms with Crippen molar-refractivity contribution < 1.29 is 19.1 Å². The number of amides is 2. The Morgan fingerprint density at radius 3 is 1.59 bits per heavy atom. The summed E-state index contributed by atoms with van der Waals surface area (Å²) >= 11 is 0. The normalized spacial score (nSPS) is 13.4. The Labute approximate surface area is 102 Å². The number of carbonyl (C=O) groups excluding carboxylic acids is 2. The first-order chi connectivity index (χ1) is 7.99. The molecular formula is C11H22N2O4. The van der Waals surface area contributed by atoms with Gasteiger partial charge in [0.1, 0.15) is 0 Å². The van der Waals surface area contributed by atoms with Crippen LogP contribution in [-0.2, 0) is 9.47 Å². The predicted octanol–water partition coefficient (Wildman–Crippen LogP) is 1.65. The molecule has 0 aliphatic rings. The molecule has 0 unspecified atom stereocenters. The molecule has 0 aromatic carbocycles. The molecule has 2 amide bonds. The third-order valence-electron chi connectivity index (χ3n) is 1.99. The van der Waals surface area contributed by atoms with Gasteiger partial charge < -0.3 is 20.1 Å². The number of ether oxygens (including phenoxy) is 2. The first-order valence-corrected chi connectivity index (χ1v) is 5.86. The predicted molar refractivity (Wildman–Crippen MR) is 63.9 cm³/mol. The summed E-state index contributed by atoms with van der Waals surface area (Å²) in [4.78, 5) is 22.2. The van der Waals surface area contributed by atoms with E-state index in [1.54, 1.807) is 13.8 Å². The van der Waals surface area contributed by atoms with Crippen LogP contribution < -0.4 is 10.6 Å². The zero-order valence-electron chi connectivity index (χ0n) is 10.9. The Morgan fingerprint density at radius 2 is 1.29 bits per heavy atom. The van der Waals surface area contributed by atoms with Crippen LogP contribution in [0, 0.1) is 0 Å². The van der Waals surface area contributed by atoms with Gasteiger partial charge >= 0.3 is 12.2 Å². The van der Waals surface area contributed by atoms with Crippen molar-refractivity contribution in [1.82, 2.24) is 10.6 Å². The molecule has 100 valence electrons. The number of hydrogen-bond donors (Lipinski definition) is 2. The van der Waals surface area contributed by atoms with Crippen molar-refractivity contribution in [1.29, 1.82) is 0 Å². The molecular weight excluding hydrogens is 224 g/mol. The van der Waals surface area contributed by atoms with E-state index in [9.17, 15) is 9.59 Å². The summed E-state index contributed by atoms with van der Waals surface area (Å²) < 4.78 is 9.50. The molecule has 0 radical (unpaired) electrons. The van der Waals surface area contributed by atoms with Gasteiger partial charge in [0.15, 0.2) is 0 Å². The molecule has 6 nitrogen and oxygen atoms in total. The van der Waals surface area contributed by atoms with Crippen LogP contribution in [0.4, 0.5) is 9.59 Å². The fraction of sp³-hybridized carbons (Fsp3) is 0.818. The number of nitrogens with one attached hydrogen (secondary N) is 2. The first-order valence-electron chi connectivity index (χ1n) is 5.86. The summed E-state index contributed by atoms with van der Waals surface area (Å²) in [5.41, 5.74) is 0. The van der Waals surface area contributed by atoms with Crippen LogP contribution in [0.25, 0.3) is 0 Å². The summed E-state index contributed by atoms with van der Waals surface area (Å²) in [5, 5.41) is 5.33. The molecule has 17 heavy (non-hydrogen) atoms. The SMILES string of the molecule is CCOC(=O)N[C@@H](C)C[C@H](C)NC(=O)OCC. The van der Waals surface area contributed by atoms with Gasteiger partial charge in [0.2, 0.25) is 0 Å². The highest BCUT2D eigenvalue weighted by Crippen LogP contribution is 1.98. The van der Waals surface area contributed by atoms with Gasteiger partial charge in [-0.15, -0.1) is 0 Å². The minimum atomic E-state index is -0.441. The van der Waals surface area contributed by atoms with Crippen molar-refractivity contribution >= 4 is 12.2 Å². The first kappa shape index (κ1) is 15.5. The van der Waals surface area contributed by atoms with Crippen LogP contribution in [0.5, 0.6) is 0 Å². The Balaban J connectivity index is 3.82. The lowest BCUT2D eigenvalue weighted by molar-refractivity contribution is 0.144. The van der Waals surface area contributed by atoms with E-state index in [4.69, 9.17) is 9.47 Å². The molecule has 0 aliphatic carbocycles. The van der Waals surface area contributed by atoms with Gasteiger partial charge in [-0.25, -0.2) is 9.59 Å². The van der Waals surface area contributed by atoms with Gasteiger partial charge in [-0.05, 0) is 34.1 Å². The molecule has 0 heterocycles. The molecule has 2 atom stereocenters. The molecule has 0 aliphatic heterocycles. The lowest BCUT2D eigenvalue weighted by Gasteiger charge is -2.19. The van der Waals surface area contributed by atoms with Gasteiger partial charge in [-0.1, -0.05) is 0 Å². The van der Waals surface area contributed by atoms with Crippen LogP contribution in [-0.4, -0.2) is 37.5 Å². The molecule has 0 fully saturated rings. The Hall–Kier alpha value is -1.46. The second-order valence-electron chi connectivity index (χ2n) is 3.77. The average Bonchev–Trinajstić information content (AvgIpc) is 2.16. The zero-order valence-corrected chi connectivity index (χ0v) is 10.9. The van der Waals surface area contributed by atoms with Crippen LogP contribution >= 0.6 is 0 Å². The second kappa shape index (κ2) is 8.66. The van der Waals surface area contributed by atoms with Crippen molar-refractivity contribution in [3.63, 3.8) is 0 Å². The van der Waals surface area contributed by atoms with E-state index >= 15 is 0 Å². The Morgan fingerprint density at radius 1 is 0.941 bits per heavy atom. The fourth-order valence-corrected chi connectivity index (χ4v) is 1.40. The van der Waals surface area contributed by atoms with Gasteiger partial charge in [0.05, 0.1) is 13.2 Å². The monoisotopic (exact) mass is 246 g/mol. The highest BCUT2D eigenvalue weighted by atomic mass is 16.6.